The Balaban J connectivity index is 1.93. The van der Waals surface area contributed by atoms with Crippen LogP contribution in [0.15, 0.2) is 36.4 Å². The van der Waals surface area contributed by atoms with Crippen LogP contribution < -0.4 is 20.1 Å². The lowest BCUT2D eigenvalue weighted by Crippen LogP contribution is -2.47. The smallest absolute Gasteiger partial charge is 0.322 e. The summed E-state index contributed by atoms with van der Waals surface area (Å²) in [6, 6.07) is 8.87. The van der Waals surface area contributed by atoms with E-state index in [0.717, 1.165) is 11.1 Å². The summed E-state index contributed by atoms with van der Waals surface area (Å²) in [6.45, 7) is 4.25. The van der Waals surface area contributed by atoms with Gasteiger partial charge in [0.1, 0.15) is 5.82 Å². The molecule has 0 saturated heterocycles. The van der Waals surface area contributed by atoms with E-state index >= 15 is 0 Å². The molecule has 1 aliphatic heterocycles. The number of para-hydroxylation sites is 1. The minimum absolute atomic E-state index is 0.107. The van der Waals surface area contributed by atoms with Crippen molar-refractivity contribution in [1.29, 1.82) is 0 Å². The molecule has 0 saturated carbocycles. The van der Waals surface area contributed by atoms with E-state index in [1.165, 1.54) is 12.1 Å². The van der Waals surface area contributed by atoms with Gasteiger partial charge in [-0.1, -0.05) is 26.0 Å². The molecular formula is C23H28FN3O4. The predicted octanol–water partition coefficient (Wildman–Crippen LogP) is 3.75. The maximum absolute atomic E-state index is 14.1. The monoisotopic (exact) mass is 429 g/mol. The molecule has 7 nitrogen and oxygen atoms in total. The number of amides is 3. The zero-order valence-electron chi connectivity index (χ0n) is 18.2. The van der Waals surface area contributed by atoms with Gasteiger partial charge in [0.25, 0.3) is 0 Å². The van der Waals surface area contributed by atoms with Gasteiger partial charge in [0.15, 0.2) is 11.5 Å². The van der Waals surface area contributed by atoms with Gasteiger partial charge in [0.2, 0.25) is 5.91 Å². The van der Waals surface area contributed by atoms with Crippen molar-refractivity contribution >= 4 is 17.6 Å². The van der Waals surface area contributed by atoms with Gasteiger partial charge in [-0.05, 0) is 41.8 Å². The van der Waals surface area contributed by atoms with Crippen LogP contribution in [-0.2, 0) is 11.2 Å². The minimum Gasteiger partial charge on any atom is -0.493 e. The Kier molecular flexibility index (Phi) is 6.99. The summed E-state index contributed by atoms with van der Waals surface area (Å²) in [7, 11) is 3.12. The SMILES string of the molecule is COc1cc2c(cc1OC)C(CNC(=O)C(C)C)N(C(=O)Nc1ccccc1F)CC2. The summed E-state index contributed by atoms with van der Waals surface area (Å²) < 4.78 is 24.9. The summed E-state index contributed by atoms with van der Waals surface area (Å²) in [5.41, 5.74) is 1.98. The molecule has 3 rings (SSSR count). The van der Waals surface area contributed by atoms with Crippen LogP contribution in [0.4, 0.5) is 14.9 Å². The lowest BCUT2D eigenvalue weighted by molar-refractivity contribution is -0.124. The first-order chi connectivity index (χ1) is 14.8. The Labute approximate surface area is 181 Å². The van der Waals surface area contributed by atoms with Crippen LogP contribution in [0, 0.1) is 11.7 Å². The average Bonchev–Trinajstić information content (AvgIpc) is 2.77. The van der Waals surface area contributed by atoms with E-state index in [9.17, 15) is 14.0 Å². The van der Waals surface area contributed by atoms with Gasteiger partial charge < -0.3 is 25.0 Å². The second-order valence-electron chi connectivity index (χ2n) is 7.68. The van der Waals surface area contributed by atoms with Crippen molar-refractivity contribution in [2.75, 3.05) is 32.6 Å². The molecule has 2 N–H and O–H groups in total. The van der Waals surface area contributed by atoms with Crippen LogP contribution in [0.5, 0.6) is 11.5 Å². The molecule has 8 heteroatoms. The highest BCUT2D eigenvalue weighted by Gasteiger charge is 2.33. The first-order valence-electron chi connectivity index (χ1n) is 10.2. The highest BCUT2D eigenvalue weighted by molar-refractivity contribution is 5.90. The van der Waals surface area contributed by atoms with Gasteiger partial charge in [-0.25, -0.2) is 9.18 Å². The Morgan fingerprint density at radius 3 is 2.48 bits per heavy atom. The Hall–Kier alpha value is -3.29. The first-order valence-corrected chi connectivity index (χ1v) is 10.2. The number of nitrogens with one attached hydrogen (secondary N) is 2. The summed E-state index contributed by atoms with van der Waals surface area (Å²) in [5, 5.41) is 5.56. The van der Waals surface area contributed by atoms with Gasteiger partial charge in [0.05, 0.1) is 25.9 Å². The fourth-order valence-electron chi connectivity index (χ4n) is 3.64. The number of fused-ring (bicyclic) bond motifs is 1. The number of benzene rings is 2. The number of urea groups is 1. The van der Waals surface area contributed by atoms with Crippen LogP contribution in [0.3, 0.4) is 0 Å². The highest BCUT2D eigenvalue weighted by Crippen LogP contribution is 2.38. The summed E-state index contributed by atoms with van der Waals surface area (Å²) in [6.07, 6.45) is 0.592. The van der Waals surface area contributed by atoms with Crippen molar-refractivity contribution in [2.45, 2.75) is 26.3 Å². The number of carbonyl (C=O) groups is 2. The Bertz CT molecular complexity index is 964. The van der Waals surface area contributed by atoms with Gasteiger partial charge in [-0.3, -0.25) is 4.79 Å². The maximum atomic E-state index is 14.1. The molecule has 0 aromatic heterocycles. The number of nitrogens with zero attached hydrogens (tertiary/aromatic N) is 1. The third kappa shape index (κ3) is 4.90. The van der Waals surface area contributed by atoms with Crippen LogP contribution in [0.2, 0.25) is 0 Å². The van der Waals surface area contributed by atoms with Crippen molar-refractivity contribution in [3.8, 4) is 11.5 Å². The van der Waals surface area contributed by atoms with E-state index in [-0.39, 0.29) is 24.1 Å². The average molecular weight is 429 g/mol. The van der Waals surface area contributed by atoms with E-state index in [1.54, 1.807) is 45.1 Å². The number of anilines is 1. The van der Waals surface area contributed by atoms with Crippen LogP contribution >= 0.6 is 0 Å². The summed E-state index contributed by atoms with van der Waals surface area (Å²) in [4.78, 5) is 26.9. The van der Waals surface area contributed by atoms with Gasteiger partial charge >= 0.3 is 6.03 Å². The highest BCUT2D eigenvalue weighted by atomic mass is 19.1. The fourth-order valence-corrected chi connectivity index (χ4v) is 3.64. The van der Waals surface area contributed by atoms with E-state index < -0.39 is 17.9 Å². The minimum atomic E-state index is -0.510. The van der Waals surface area contributed by atoms with Crippen molar-refractivity contribution in [3.05, 3.63) is 53.3 Å². The zero-order chi connectivity index (χ0) is 22.5. The van der Waals surface area contributed by atoms with Crippen LogP contribution in [0.25, 0.3) is 0 Å². The van der Waals surface area contributed by atoms with Crippen LogP contribution in [0.1, 0.15) is 31.0 Å². The summed E-state index contributed by atoms with van der Waals surface area (Å²) >= 11 is 0. The first kappa shape index (κ1) is 22.4. The van der Waals surface area contributed by atoms with Gasteiger partial charge in [-0.15, -0.1) is 0 Å². The van der Waals surface area contributed by atoms with E-state index in [2.05, 4.69) is 10.6 Å². The molecule has 1 heterocycles. The van der Waals surface area contributed by atoms with E-state index in [0.29, 0.717) is 24.5 Å². The van der Waals surface area contributed by atoms with Gasteiger partial charge in [-0.2, -0.15) is 0 Å². The quantitative estimate of drug-likeness (QED) is 0.733. The number of hydrogen-bond acceptors (Lipinski definition) is 4. The Morgan fingerprint density at radius 2 is 1.84 bits per heavy atom. The molecule has 1 atom stereocenters. The molecule has 2 aromatic rings. The molecule has 3 amide bonds. The van der Waals surface area contributed by atoms with Crippen molar-refractivity contribution in [3.63, 3.8) is 0 Å². The predicted molar refractivity (Wildman–Crippen MR) is 116 cm³/mol. The molecule has 166 valence electrons. The fraction of sp³-hybridized carbons (Fsp3) is 0.391. The van der Waals surface area contributed by atoms with Gasteiger partial charge in [0, 0.05) is 19.0 Å². The number of rotatable bonds is 6. The molecule has 31 heavy (non-hydrogen) atoms. The molecule has 0 radical (unpaired) electrons. The molecule has 0 bridgehead atoms. The number of ether oxygens (including phenoxy) is 2. The Morgan fingerprint density at radius 1 is 1.16 bits per heavy atom. The molecule has 0 spiro atoms. The van der Waals surface area contributed by atoms with Crippen molar-refractivity contribution < 1.29 is 23.5 Å². The summed E-state index contributed by atoms with van der Waals surface area (Å²) in [5.74, 6) is 0.341. The zero-order valence-corrected chi connectivity index (χ0v) is 18.2. The van der Waals surface area contributed by atoms with Crippen molar-refractivity contribution in [2.24, 2.45) is 5.92 Å². The number of methoxy groups -OCH3 is 2. The standard InChI is InChI=1S/C23H28FN3O4/c1-14(2)22(28)25-13-19-16-12-21(31-4)20(30-3)11-15(16)9-10-27(19)23(29)26-18-8-6-5-7-17(18)24/h5-8,11-12,14,19H,9-10,13H2,1-4H3,(H,25,28)(H,26,29). The van der Waals surface area contributed by atoms with E-state index in [4.69, 9.17) is 9.47 Å². The normalized spacial score (nSPS) is 15.3. The second kappa shape index (κ2) is 9.68. The topological polar surface area (TPSA) is 79.9 Å². The van der Waals surface area contributed by atoms with E-state index in [1.807, 2.05) is 12.1 Å². The third-order valence-electron chi connectivity index (χ3n) is 5.37. The molecule has 2 aromatic carbocycles. The molecule has 1 aliphatic rings. The second-order valence-corrected chi connectivity index (χ2v) is 7.68. The van der Waals surface area contributed by atoms with Crippen LogP contribution in [-0.4, -0.2) is 44.1 Å². The lowest BCUT2D eigenvalue weighted by atomic mass is 9.91. The van der Waals surface area contributed by atoms with Crippen molar-refractivity contribution in [1.82, 2.24) is 10.2 Å². The molecular weight excluding hydrogens is 401 g/mol. The maximum Gasteiger partial charge on any atom is 0.322 e. The third-order valence-corrected chi connectivity index (χ3v) is 5.37. The number of hydrogen-bond donors (Lipinski definition) is 2. The lowest BCUT2D eigenvalue weighted by Gasteiger charge is -2.38. The number of halogens is 1. The number of carbonyl (C=O) groups excluding carboxylic acids is 2. The molecule has 1 unspecified atom stereocenters. The largest absolute Gasteiger partial charge is 0.493 e. The molecule has 0 aliphatic carbocycles. The molecule has 0 fully saturated rings.